The van der Waals surface area contributed by atoms with Gasteiger partial charge in [0.1, 0.15) is 24.2 Å². The highest BCUT2D eigenvalue weighted by Gasteiger charge is 2.39. The quantitative estimate of drug-likeness (QED) is 0.699. The van der Waals surface area contributed by atoms with Crippen LogP contribution in [0.25, 0.3) is 0 Å². The SMILES string of the molecule is CC[C@@H](O)[C@H]1COC(=O)N1c1ccnc(N[C@@H](C)c2ccc(OC(C)C)cc2)n1. The number of anilines is 2. The van der Waals surface area contributed by atoms with E-state index in [1.807, 2.05) is 52.0 Å². The zero-order valence-electron chi connectivity index (χ0n) is 17.2. The van der Waals surface area contributed by atoms with Crippen LogP contribution in [-0.2, 0) is 4.74 Å². The van der Waals surface area contributed by atoms with Crippen LogP contribution in [-0.4, -0.2) is 46.0 Å². The minimum atomic E-state index is -0.682. The number of ether oxygens (including phenoxy) is 2. The van der Waals surface area contributed by atoms with E-state index >= 15 is 0 Å². The molecule has 1 fully saturated rings. The van der Waals surface area contributed by atoms with Gasteiger partial charge in [-0.2, -0.15) is 4.98 Å². The highest BCUT2D eigenvalue weighted by molar-refractivity contribution is 5.89. The van der Waals surface area contributed by atoms with Crippen molar-refractivity contribution in [2.45, 2.75) is 58.4 Å². The molecular weight excluding hydrogens is 372 g/mol. The van der Waals surface area contributed by atoms with Crippen LogP contribution in [0.3, 0.4) is 0 Å². The van der Waals surface area contributed by atoms with Gasteiger partial charge in [-0.25, -0.2) is 9.78 Å². The summed E-state index contributed by atoms with van der Waals surface area (Å²) in [6, 6.07) is 8.97. The Balaban J connectivity index is 1.73. The summed E-state index contributed by atoms with van der Waals surface area (Å²) >= 11 is 0. The lowest BCUT2D eigenvalue weighted by atomic mass is 10.1. The maximum Gasteiger partial charge on any atom is 0.416 e. The average molecular weight is 400 g/mol. The summed E-state index contributed by atoms with van der Waals surface area (Å²) in [5.74, 6) is 1.61. The molecule has 0 bridgehead atoms. The number of hydrogen-bond acceptors (Lipinski definition) is 7. The van der Waals surface area contributed by atoms with Crippen molar-refractivity contribution < 1.29 is 19.4 Å². The number of amides is 1. The van der Waals surface area contributed by atoms with Gasteiger partial charge in [0.15, 0.2) is 0 Å². The first-order chi connectivity index (χ1) is 13.9. The summed E-state index contributed by atoms with van der Waals surface area (Å²) in [6.07, 6.45) is 1.03. The van der Waals surface area contributed by atoms with Crippen LogP contribution in [0.5, 0.6) is 5.75 Å². The first kappa shape index (κ1) is 20.9. The van der Waals surface area contributed by atoms with Crippen LogP contribution in [0.15, 0.2) is 36.5 Å². The molecule has 156 valence electrons. The fourth-order valence-corrected chi connectivity index (χ4v) is 3.19. The molecule has 1 aliphatic heterocycles. The lowest BCUT2D eigenvalue weighted by Gasteiger charge is -2.24. The maximum absolute atomic E-state index is 12.2. The zero-order valence-corrected chi connectivity index (χ0v) is 17.2. The molecule has 29 heavy (non-hydrogen) atoms. The highest BCUT2D eigenvalue weighted by atomic mass is 16.6. The van der Waals surface area contributed by atoms with Crippen LogP contribution in [0.4, 0.5) is 16.6 Å². The normalized spacial score (nSPS) is 18.5. The van der Waals surface area contributed by atoms with E-state index in [1.54, 1.807) is 12.3 Å². The van der Waals surface area contributed by atoms with Crippen molar-refractivity contribution in [3.63, 3.8) is 0 Å². The van der Waals surface area contributed by atoms with Crippen molar-refractivity contribution in [2.24, 2.45) is 0 Å². The fraction of sp³-hybridized carbons (Fsp3) is 0.476. The summed E-state index contributed by atoms with van der Waals surface area (Å²) in [6.45, 7) is 7.98. The smallest absolute Gasteiger partial charge is 0.416 e. The molecule has 1 amide bonds. The number of hydrogen-bond donors (Lipinski definition) is 2. The molecule has 0 unspecified atom stereocenters. The summed E-state index contributed by atoms with van der Waals surface area (Å²) in [5.41, 5.74) is 1.05. The summed E-state index contributed by atoms with van der Waals surface area (Å²) < 4.78 is 10.8. The van der Waals surface area contributed by atoms with E-state index in [0.29, 0.717) is 18.2 Å². The third-order valence-electron chi connectivity index (χ3n) is 4.75. The molecule has 8 heteroatoms. The van der Waals surface area contributed by atoms with E-state index in [0.717, 1.165) is 11.3 Å². The van der Waals surface area contributed by atoms with Gasteiger partial charge in [-0.15, -0.1) is 0 Å². The molecule has 2 aromatic rings. The Morgan fingerprint density at radius 1 is 1.28 bits per heavy atom. The number of carbonyl (C=O) groups excluding carboxylic acids is 1. The summed E-state index contributed by atoms with van der Waals surface area (Å²) in [7, 11) is 0. The lowest BCUT2D eigenvalue weighted by molar-refractivity contribution is 0.125. The largest absolute Gasteiger partial charge is 0.491 e. The second kappa shape index (κ2) is 9.09. The van der Waals surface area contributed by atoms with Crippen LogP contribution >= 0.6 is 0 Å². The average Bonchev–Trinajstić information content (AvgIpc) is 3.09. The number of rotatable bonds is 8. The van der Waals surface area contributed by atoms with Crippen LogP contribution in [0.1, 0.15) is 45.7 Å². The van der Waals surface area contributed by atoms with Crippen molar-refractivity contribution in [1.82, 2.24) is 9.97 Å². The molecule has 1 aromatic heterocycles. The lowest BCUT2D eigenvalue weighted by Crippen LogP contribution is -2.42. The van der Waals surface area contributed by atoms with Gasteiger partial charge in [0.2, 0.25) is 5.95 Å². The van der Waals surface area contributed by atoms with E-state index in [-0.39, 0.29) is 18.8 Å². The molecule has 1 aromatic carbocycles. The number of nitrogens with zero attached hydrogens (tertiary/aromatic N) is 3. The van der Waals surface area contributed by atoms with Gasteiger partial charge in [-0.3, -0.25) is 4.90 Å². The minimum absolute atomic E-state index is 0.0547. The monoisotopic (exact) mass is 400 g/mol. The molecule has 1 aliphatic rings. The number of cyclic esters (lactones) is 1. The molecule has 2 N–H and O–H groups in total. The predicted molar refractivity (Wildman–Crippen MR) is 110 cm³/mol. The number of carbonyl (C=O) groups is 1. The van der Waals surface area contributed by atoms with Crippen molar-refractivity contribution >= 4 is 17.9 Å². The van der Waals surface area contributed by atoms with Crippen molar-refractivity contribution in [3.05, 3.63) is 42.1 Å². The van der Waals surface area contributed by atoms with E-state index < -0.39 is 18.2 Å². The Morgan fingerprint density at radius 3 is 2.66 bits per heavy atom. The molecule has 3 atom stereocenters. The van der Waals surface area contributed by atoms with Crippen LogP contribution < -0.4 is 15.0 Å². The second-order valence-corrected chi connectivity index (χ2v) is 7.33. The molecule has 0 spiro atoms. The Hall–Kier alpha value is -2.87. The first-order valence-electron chi connectivity index (χ1n) is 9.89. The first-order valence-corrected chi connectivity index (χ1v) is 9.89. The summed E-state index contributed by atoms with van der Waals surface area (Å²) in [5, 5.41) is 13.5. The molecule has 2 heterocycles. The molecular formula is C21H28N4O4. The van der Waals surface area contributed by atoms with E-state index in [1.165, 1.54) is 4.90 Å². The number of aliphatic hydroxyl groups excluding tert-OH is 1. The maximum atomic E-state index is 12.2. The Bertz CT molecular complexity index is 828. The minimum Gasteiger partial charge on any atom is -0.491 e. The van der Waals surface area contributed by atoms with Crippen molar-refractivity contribution in [3.8, 4) is 5.75 Å². The van der Waals surface area contributed by atoms with Gasteiger partial charge >= 0.3 is 6.09 Å². The van der Waals surface area contributed by atoms with Gasteiger partial charge in [0.25, 0.3) is 0 Å². The molecule has 3 rings (SSSR count). The Kier molecular flexibility index (Phi) is 6.53. The molecule has 0 saturated carbocycles. The molecule has 8 nitrogen and oxygen atoms in total. The Labute approximate surface area is 170 Å². The van der Waals surface area contributed by atoms with Crippen LogP contribution in [0, 0.1) is 0 Å². The molecule has 0 radical (unpaired) electrons. The number of nitrogens with one attached hydrogen (secondary N) is 1. The number of aliphatic hydroxyl groups is 1. The third-order valence-corrected chi connectivity index (χ3v) is 4.75. The summed E-state index contributed by atoms with van der Waals surface area (Å²) in [4.78, 5) is 22.3. The highest BCUT2D eigenvalue weighted by Crippen LogP contribution is 2.26. The van der Waals surface area contributed by atoms with Gasteiger partial charge < -0.3 is 19.9 Å². The van der Waals surface area contributed by atoms with E-state index in [2.05, 4.69) is 15.3 Å². The van der Waals surface area contributed by atoms with Crippen LogP contribution in [0.2, 0.25) is 0 Å². The standard InChI is InChI=1S/C21H28N4O4/c1-5-18(26)17-12-28-21(27)25(17)19-10-11-22-20(24-19)23-14(4)15-6-8-16(9-7-15)29-13(2)3/h6-11,13-14,17-18,26H,5,12H2,1-4H3,(H,22,23,24)/t14-,17+,18+/m0/s1. The van der Waals surface area contributed by atoms with E-state index in [4.69, 9.17) is 9.47 Å². The molecule has 0 aliphatic carbocycles. The predicted octanol–water partition coefficient (Wildman–Crippen LogP) is 3.53. The van der Waals surface area contributed by atoms with E-state index in [9.17, 15) is 9.90 Å². The van der Waals surface area contributed by atoms with Gasteiger partial charge in [-0.1, -0.05) is 19.1 Å². The molecule has 1 saturated heterocycles. The number of aromatic nitrogens is 2. The van der Waals surface area contributed by atoms with Gasteiger partial charge in [0.05, 0.1) is 18.2 Å². The van der Waals surface area contributed by atoms with Gasteiger partial charge in [0, 0.05) is 6.20 Å². The number of benzene rings is 1. The fourth-order valence-electron chi connectivity index (χ4n) is 3.19. The van der Waals surface area contributed by atoms with Crippen molar-refractivity contribution in [2.75, 3.05) is 16.8 Å². The Morgan fingerprint density at radius 2 is 2.00 bits per heavy atom. The van der Waals surface area contributed by atoms with Gasteiger partial charge in [-0.05, 0) is 51.0 Å². The second-order valence-electron chi connectivity index (χ2n) is 7.33. The van der Waals surface area contributed by atoms with Crippen molar-refractivity contribution in [1.29, 1.82) is 0 Å². The zero-order chi connectivity index (χ0) is 21.0. The third kappa shape index (κ3) is 4.95. The topological polar surface area (TPSA) is 96.8 Å².